The number of hydrogen-bond donors (Lipinski definition) is 0. The van der Waals surface area contributed by atoms with Crippen LogP contribution in [0.1, 0.15) is 18.5 Å². The van der Waals surface area contributed by atoms with Crippen molar-refractivity contribution in [1.82, 2.24) is 4.31 Å². The lowest BCUT2D eigenvalue weighted by Crippen LogP contribution is -2.30. The molecular formula is C16H17F2NO3S. The molecule has 0 spiro atoms. The van der Waals surface area contributed by atoms with Gasteiger partial charge < -0.3 is 4.74 Å². The molecule has 1 atom stereocenters. The predicted octanol–water partition coefficient (Wildman–Crippen LogP) is 3.36. The molecule has 0 radical (unpaired) electrons. The molecule has 0 fully saturated rings. The molecule has 2 aromatic rings. The van der Waals surface area contributed by atoms with Crippen molar-refractivity contribution in [2.75, 3.05) is 14.2 Å². The molecule has 0 bridgehead atoms. The topological polar surface area (TPSA) is 46.6 Å². The maximum atomic E-state index is 13.3. The number of methoxy groups -OCH3 is 1. The summed E-state index contributed by atoms with van der Waals surface area (Å²) in [6.07, 6.45) is 0. The monoisotopic (exact) mass is 341 g/mol. The first-order valence-electron chi connectivity index (χ1n) is 6.85. The van der Waals surface area contributed by atoms with Gasteiger partial charge in [-0.3, -0.25) is 0 Å². The number of halogens is 2. The van der Waals surface area contributed by atoms with Crippen LogP contribution in [0.2, 0.25) is 0 Å². The highest BCUT2D eigenvalue weighted by molar-refractivity contribution is 7.89. The van der Waals surface area contributed by atoms with Gasteiger partial charge in [0.05, 0.1) is 18.0 Å². The average Bonchev–Trinajstić information content (AvgIpc) is 2.55. The fourth-order valence-electron chi connectivity index (χ4n) is 2.22. The third-order valence-corrected chi connectivity index (χ3v) is 5.63. The van der Waals surface area contributed by atoms with E-state index in [2.05, 4.69) is 0 Å². The Morgan fingerprint density at radius 3 is 2.35 bits per heavy atom. The molecule has 0 aliphatic rings. The minimum atomic E-state index is -3.98. The zero-order chi connectivity index (χ0) is 17.2. The van der Waals surface area contributed by atoms with E-state index < -0.39 is 27.7 Å². The van der Waals surface area contributed by atoms with Crippen molar-refractivity contribution in [2.45, 2.75) is 17.9 Å². The second-order valence-corrected chi connectivity index (χ2v) is 7.01. The van der Waals surface area contributed by atoms with Crippen LogP contribution in [0.5, 0.6) is 5.75 Å². The first-order valence-corrected chi connectivity index (χ1v) is 8.29. The molecule has 124 valence electrons. The van der Waals surface area contributed by atoms with E-state index in [-0.39, 0.29) is 4.90 Å². The van der Waals surface area contributed by atoms with Crippen LogP contribution < -0.4 is 4.74 Å². The van der Waals surface area contributed by atoms with Gasteiger partial charge in [0.2, 0.25) is 10.0 Å². The number of para-hydroxylation sites is 1. The van der Waals surface area contributed by atoms with Gasteiger partial charge in [-0.05, 0) is 31.2 Å². The number of rotatable bonds is 5. The first-order chi connectivity index (χ1) is 10.8. The van der Waals surface area contributed by atoms with Crippen LogP contribution in [0, 0.1) is 11.6 Å². The molecule has 0 saturated carbocycles. The van der Waals surface area contributed by atoms with E-state index in [0.717, 1.165) is 16.4 Å². The van der Waals surface area contributed by atoms with E-state index in [9.17, 15) is 17.2 Å². The van der Waals surface area contributed by atoms with E-state index in [4.69, 9.17) is 4.74 Å². The Hall–Kier alpha value is -1.99. The van der Waals surface area contributed by atoms with Crippen LogP contribution in [-0.4, -0.2) is 26.9 Å². The summed E-state index contributed by atoms with van der Waals surface area (Å²) in [6.45, 7) is 1.69. The van der Waals surface area contributed by atoms with E-state index >= 15 is 0 Å². The van der Waals surface area contributed by atoms with Crippen molar-refractivity contribution in [3.63, 3.8) is 0 Å². The van der Waals surface area contributed by atoms with Gasteiger partial charge >= 0.3 is 0 Å². The Morgan fingerprint density at radius 1 is 1.09 bits per heavy atom. The molecule has 0 N–H and O–H groups in total. The van der Waals surface area contributed by atoms with Crippen LogP contribution in [0.3, 0.4) is 0 Å². The lowest BCUT2D eigenvalue weighted by Gasteiger charge is -2.26. The van der Waals surface area contributed by atoms with Gasteiger partial charge in [0.25, 0.3) is 0 Å². The molecular weight excluding hydrogens is 324 g/mol. The van der Waals surface area contributed by atoms with Crippen LogP contribution in [0.4, 0.5) is 8.78 Å². The van der Waals surface area contributed by atoms with Gasteiger partial charge in [-0.25, -0.2) is 17.2 Å². The smallest absolute Gasteiger partial charge is 0.243 e. The number of nitrogens with zero attached hydrogens (tertiary/aromatic N) is 1. The molecule has 2 aromatic carbocycles. The molecule has 0 unspecified atom stereocenters. The molecule has 23 heavy (non-hydrogen) atoms. The summed E-state index contributed by atoms with van der Waals surface area (Å²) in [5, 5.41) is 0. The second kappa shape index (κ2) is 6.64. The minimum absolute atomic E-state index is 0.305. The summed E-state index contributed by atoms with van der Waals surface area (Å²) in [7, 11) is -1.10. The van der Waals surface area contributed by atoms with Crippen LogP contribution in [0.15, 0.2) is 47.4 Å². The van der Waals surface area contributed by atoms with Crippen LogP contribution in [0.25, 0.3) is 0 Å². The SMILES string of the molecule is COc1ccccc1[C@@H](C)N(C)S(=O)(=O)c1ccc(F)c(F)c1. The lowest BCUT2D eigenvalue weighted by atomic mass is 10.1. The van der Waals surface area contributed by atoms with Crippen molar-refractivity contribution >= 4 is 10.0 Å². The largest absolute Gasteiger partial charge is 0.496 e. The zero-order valence-corrected chi connectivity index (χ0v) is 13.8. The number of ether oxygens (including phenoxy) is 1. The van der Waals surface area contributed by atoms with Crippen molar-refractivity contribution in [2.24, 2.45) is 0 Å². The number of benzene rings is 2. The van der Waals surface area contributed by atoms with Gasteiger partial charge in [0.15, 0.2) is 11.6 Å². The minimum Gasteiger partial charge on any atom is -0.496 e. The Morgan fingerprint density at radius 2 is 1.74 bits per heavy atom. The van der Waals surface area contributed by atoms with Gasteiger partial charge in [-0.2, -0.15) is 4.31 Å². The highest BCUT2D eigenvalue weighted by Crippen LogP contribution is 2.31. The summed E-state index contributed by atoms with van der Waals surface area (Å²) in [4.78, 5) is -0.305. The molecule has 0 aliphatic carbocycles. The second-order valence-electron chi connectivity index (χ2n) is 5.02. The van der Waals surface area contributed by atoms with E-state index in [1.165, 1.54) is 14.2 Å². The highest BCUT2D eigenvalue weighted by Gasteiger charge is 2.28. The Labute approximate surface area is 134 Å². The number of sulfonamides is 1. The third kappa shape index (κ3) is 3.35. The molecule has 2 rings (SSSR count). The van der Waals surface area contributed by atoms with E-state index in [1.54, 1.807) is 31.2 Å². The normalized spacial score (nSPS) is 13.1. The Kier molecular flexibility index (Phi) is 5.01. The maximum absolute atomic E-state index is 13.3. The Bertz CT molecular complexity index is 809. The summed E-state index contributed by atoms with van der Waals surface area (Å²) < 4.78 is 57.9. The summed E-state index contributed by atoms with van der Waals surface area (Å²) in [5.74, 6) is -1.75. The van der Waals surface area contributed by atoms with Gasteiger partial charge in [0, 0.05) is 12.6 Å². The third-order valence-electron chi connectivity index (χ3n) is 3.70. The lowest BCUT2D eigenvalue weighted by molar-refractivity contribution is 0.367. The van der Waals surface area contributed by atoms with Gasteiger partial charge in [-0.15, -0.1) is 0 Å². The van der Waals surface area contributed by atoms with Crippen molar-refractivity contribution < 1.29 is 21.9 Å². The van der Waals surface area contributed by atoms with Crippen LogP contribution in [-0.2, 0) is 10.0 Å². The van der Waals surface area contributed by atoms with E-state index in [0.29, 0.717) is 17.4 Å². The van der Waals surface area contributed by atoms with Gasteiger partial charge in [-0.1, -0.05) is 18.2 Å². The molecule has 0 aliphatic heterocycles. The predicted molar refractivity (Wildman–Crippen MR) is 82.7 cm³/mol. The standard InChI is InChI=1S/C16H17F2NO3S/c1-11(13-6-4-5-7-16(13)22-3)19(2)23(20,21)12-8-9-14(17)15(18)10-12/h4-11H,1-3H3/t11-/m1/s1. The molecule has 0 amide bonds. The van der Waals surface area contributed by atoms with Crippen molar-refractivity contribution in [3.8, 4) is 5.75 Å². The fourth-order valence-corrected chi connectivity index (χ4v) is 3.57. The number of hydrogen-bond acceptors (Lipinski definition) is 3. The first kappa shape index (κ1) is 17.4. The Balaban J connectivity index is 2.41. The molecule has 0 aromatic heterocycles. The van der Waals surface area contributed by atoms with Crippen molar-refractivity contribution in [3.05, 3.63) is 59.7 Å². The van der Waals surface area contributed by atoms with Crippen molar-refractivity contribution in [1.29, 1.82) is 0 Å². The fraction of sp³-hybridized carbons (Fsp3) is 0.250. The maximum Gasteiger partial charge on any atom is 0.243 e. The zero-order valence-electron chi connectivity index (χ0n) is 13.0. The molecule has 0 heterocycles. The summed E-state index contributed by atoms with van der Waals surface area (Å²) >= 11 is 0. The van der Waals surface area contributed by atoms with Crippen LogP contribution >= 0.6 is 0 Å². The quantitative estimate of drug-likeness (QED) is 0.838. The molecule has 4 nitrogen and oxygen atoms in total. The summed E-state index contributed by atoms with van der Waals surface area (Å²) in [6, 6.07) is 8.99. The average molecular weight is 341 g/mol. The van der Waals surface area contributed by atoms with Gasteiger partial charge in [0.1, 0.15) is 5.75 Å². The molecule has 7 heteroatoms. The summed E-state index contributed by atoms with van der Waals surface area (Å²) in [5.41, 5.74) is 0.670. The van der Waals surface area contributed by atoms with E-state index in [1.807, 2.05) is 0 Å². The molecule has 0 saturated heterocycles. The highest BCUT2D eigenvalue weighted by atomic mass is 32.2.